The number of esters is 1. The van der Waals surface area contributed by atoms with E-state index >= 15 is 0 Å². The van der Waals surface area contributed by atoms with Crippen molar-refractivity contribution in [1.82, 2.24) is 0 Å². The van der Waals surface area contributed by atoms with Gasteiger partial charge in [0.15, 0.2) is 0 Å². The fourth-order valence-electron chi connectivity index (χ4n) is 1.43. The maximum Gasteiger partial charge on any atom is 0.417 e. The summed E-state index contributed by atoms with van der Waals surface area (Å²) in [5.74, 6) is -2.64. The molecule has 0 fully saturated rings. The minimum atomic E-state index is -4.81. The zero-order valence-corrected chi connectivity index (χ0v) is 11.0. The molecule has 0 saturated heterocycles. The fraction of sp³-hybridized carbons (Fsp3) is 0.385. The lowest BCUT2D eigenvalue weighted by Gasteiger charge is -2.20. The van der Waals surface area contributed by atoms with Crippen molar-refractivity contribution in [1.29, 1.82) is 0 Å². The SMILES string of the molecule is CC(C)(C)OC(=O)c1ccc(C(F)(F)F)c(C(=O)O)c1. The van der Waals surface area contributed by atoms with Gasteiger partial charge < -0.3 is 9.84 Å². The number of hydrogen-bond donors (Lipinski definition) is 1. The number of hydrogen-bond acceptors (Lipinski definition) is 3. The molecule has 0 atom stereocenters. The molecule has 0 spiro atoms. The first-order chi connectivity index (χ1) is 8.92. The zero-order valence-electron chi connectivity index (χ0n) is 11.0. The van der Waals surface area contributed by atoms with Gasteiger partial charge in [-0.3, -0.25) is 0 Å². The smallest absolute Gasteiger partial charge is 0.417 e. The molecule has 0 aliphatic heterocycles. The topological polar surface area (TPSA) is 63.6 Å². The molecule has 0 aliphatic rings. The number of alkyl halides is 3. The van der Waals surface area contributed by atoms with Crippen molar-refractivity contribution in [3.05, 3.63) is 34.9 Å². The number of halogens is 3. The molecule has 1 rings (SSSR count). The number of carboxylic acids is 1. The Kier molecular flexibility index (Phi) is 4.12. The van der Waals surface area contributed by atoms with Crippen LogP contribution in [0, 0.1) is 0 Å². The fourth-order valence-corrected chi connectivity index (χ4v) is 1.43. The lowest BCUT2D eigenvalue weighted by atomic mass is 10.0. The molecule has 0 aliphatic carbocycles. The molecule has 110 valence electrons. The van der Waals surface area contributed by atoms with Crippen molar-refractivity contribution in [2.24, 2.45) is 0 Å². The maximum atomic E-state index is 12.6. The number of carboxylic acid groups (broad SMARTS) is 1. The van der Waals surface area contributed by atoms with Gasteiger partial charge in [0.25, 0.3) is 0 Å². The first kappa shape index (κ1) is 16.0. The van der Waals surface area contributed by atoms with Gasteiger partial charge in [0.1, 0.15) is 5.60 Å². The molecule has 0 saturated carbocycles. The largest absolute Gasteiger partial charge is 0.478 e. The molecule has 4 nitrogen and oxygen atoms in total. The molecule has 20 heavy (non-hydrogen) atoms. The van der Waals surface area contributed by atoms with E-state index in [4.69, 9.17) is 9.84 Å². The number of carbonyl (C=O) groups excluding carboxylic acids is 1. The molecule has 0 radical (unpaired) electrons. The van der Waals surface area contributed by atoms with E-state index in [9.17, 15) is 22.8 Å². The highest BCUT2D eigenvalue weighted by atomic mass is 19.4. The second-order valence-electron chi connectivity index (χ2n) is 5.07. The van der Waals surface area contributed by atoms with E-state index in [0.717, 1.165) is 6.07 Å². The third-order valence-electron chi connectivity index (χ3n) is 2.19. The van der Waals surface area contributed by atoms with Crippen LogP contribution >= 0.6 is 0 Å². The van der Waals surface area contributed by atoms with Crippen LogP contribution in [-0.2, 0) is 10.9 Å². The summed E-state index contributed by atoms with van der Waals surface area (Å²) in [7, 11) is 0. The van der Waals surface area contributed by atoms with Gasteiger partial charge in [-0.15, -0.1) is 0 Å². The Morgan fingerprint density at radius 3 is 2.10 bits per heavy atom. The Hall–Kier alpha value is -2.05. The Labute approximate surface area is 113 Å². The Morgan fingerprint density at radius 2 is 1.70 bits per heavy atom. The highest BCUT2D eigenvalue weighted by Crippen LogP contribution is 2.32. The van der Waals surface area contributed by atoms with Crippen LogP contribution in [0.5, 0.6) is 0 Å². The summed E-state index contributed by atoms with van der Waals surface area (Å²) in [6, 6.07) is 2.12. The van der Waals surface area contributed by atoms with E-state index in [-0.39, 0.29) is 5.56 Å². The molecule has 1 aromatic carbocycles. The van der Waals surface area contributed by atoms with Gasteiger partial charge in [-0.1, -0.05) is 0 Å². The first-order valence-electron chi connectivity index (χ1n) is 5.60. The lowest BCUT2D eigenvalue weighted by Crippen LogP contribution is -2.24. The summed E-state index contributed by atoms with van der Waals surface area (Å²) < 4.78 is 42.9. The van der Waals surface area contributed by atoms with Crippen molar-refractivity contribution in [2.75, 3.05) is 0 Å². The minimum absolute atomic E-state index is 0.245. The van der Waals surface area contributed by atoms with Gasteiger partial charge in [0.05, 0.1) is 16.7 Å². The average Bonchev–Trinajstić information content (AvgIpc) is 2.24. The molecule has 0 aromatic heterocycles. The van der Waals surface area contributed by atoms with Crippen LogP contribution in [0.15, 0.2) is 18.2 Å². The van der Waals surface area contributed by atoms with Crippen LogP contribution in [-0.4, -0.2) is 22.6 Å². The number of benzene rings is 1. The Balaban J connectivity index is 3.25. The molecule has 0 heterocycles. The second-order valence-corrected chi connectivity index (χ2v) is 5.07. The molecular weight excluding hydrogens is 277 g/mol. The van der Waals surface area contributed by atoms with Gasteiger partial charge in [0.2, 0.25) is 0 Å². The molecule has 7 heteroatoms. The summed E-state index contributed by atoms with van der Waals surface area (Å²) in [5.41, 5.74) is -3.37. The van der Waals surface area contributed by atoms with E-state index in [2.05, 4.69) is 0 Å². The predicted molar refractivity (Wildman–Crippen MR) is 63.6 cm³/mol. The van der Waals surface area contributed by atoms with E-state index in [1.807, 2.05) is 0 Å². The van der Waals surface area contributed by atoms with Crippen LogP contribution < -0.4 is 0 Å². The van der Waals surface area contributed by atoms with Crippen molar-refractivity contribution in [3.63, 3.8) is 0 Å². The standard InChI is InChI=1S/C13H13F3O4/c1-12(2,3)20-11(19)7-4-5-9(13(14,15)16)8(6-7)10(17)18/h4-6H,1-3H3,(H,17,18). The molecule has 1 aromatic rings. The summed E-state index contributed by atoms with van der Waals surface area (Å²) in [4.78, 5) is 22.6. The van der Waals surface area contributed by atoms with Gasteiger partial charge in [0, 0.05) is 0 Å². The number of ether oxygens (including phenoxy) is 1. The summed E-state index contributed by atoms with van der Waals surface area (Å²) in [6.45, 7) is 4.77. The van der Waals surface area contributed by atoms with Gasteiger partial charge >= 0.3 is 18.1 Å². The van der Waals surface area contributed by atoms with E-state index in [1.165, 1.54) is 0 Å². The van der Waals surface area contributed by atoms with Gasteiger partial charge in [-0.25, -0.2) is 9.59 Å². The Bertz CT molecular complexity index is 542. The van der Waals surface area contributed by atoms with E-state index in [1.54, 1.807) is 20.8 Å². The third-order valence-corrected chi connectivity index (χ3v) is 2.19. The monoisotopic (exact) mass is 290 g/mol. The quantitative estimate of drug-likeness (QED) is 0.848. The molecule has 1 N–H and O–H groups in total. The number of rotatable bonds is 2. The highest BCUT2D eigenvalue weighted by molar-refractivity contribution is 5.95. The predicted octanol–water partition coefficient (Wildman–Crippen LogP) is 3.36. The first-order valence-corrected chi connectivity index (χ1v) is 5.60. The van der Waals surface area contributed by atoms with Crippen molar-refractivity contribution >= 4 is 11.9 Å². The number of carbonyl (C=O) groups is 2. The van der Waals surface area contributed by atoms with E-state index in [0.29, 0.717) is 12.1 Å². The van der Waals surface area contributed by atoms with Crippen molar-refractivity contribution in [2.45, 2.75) is 32.5 Å². The third kappa shape index (κ3) is 3.97. The van der Waals surface area contributed by atoms with E-state index < -0.39 is 34.8 Å². The summed E-state index contributed by atoms with van der Waals surface area (Å²) >= 11 is 0. The van der Waals surface area contributed by atoms with Crippen LogP contribution in [0.3, 0.4) is 0 Å². The maximum absolute atomic E-state index is 12.6. The minimum Gasteiger partial charge on any atom is -0.478 e. The molecule has 0 amide bonds. The van der Waals surface area contributed by atoms with Crippen LogP contribution in [0.1, 0.15) is 47.1 Å². The lowest BCUT2D eigenvalue weighted by molar-refractivity contribution is -0.138. The van der Waals surface area contributed by atoms with Gasteiger partial charge in [-0.05, 0) is 39.0 Å². The molecule has 0 bridgehead atoms. The summed E-state index contributed by atoms with van der Waals surface area (Å²) in [6.07, 6.45) is -4.81. The van der Waals surface area contributed by atoms with Crippen molar-refractivity contribution in [3.8, 4) is 0 Å². The van der Waals surface area contributed by atoms with Crippen LogP contribution in [0.25, 0.3) is 0 Å². The highest BCUT2D eigenvalue weighted by Gasteiger charge is 2.36. The zero-order chi connectivity index (χ0) is 15.7. The second kappa shape index (κ2) is 5.15. The van der Waals surface area contributed by atoms with Gasteiger partial charge in [-0.2, -0.15) is 13.2 Å². The Morgan fingerprint density at radius 1 is 1.15 bits per heavy atom. The molecular formula is C13H13F3O4. The average molecular weight is 290 g/mol. The summed E-state index contributed by atoms with van der Waals surface area (Å²) in [5, 5.41) is 8.82. The van der Waals surface area contributed by atoms with Crippen LogP contribution in [0.4, 0.5) is 13.2 Å². The normalized spacial score (nSPS) is 12.1. The van der Waals surface area contributed by atoms with Crippen LogP contribution in [0.2, 0.25) is 0 Å². The van der Waals surface area contributed by atoms with Crippen molar-refractivity contribution < 1.29 is 32.6 Å². The molecule has 0 unspecified atom stereocenters. The number of aromatic carboxylic acids is 1.